The highest BCUT2D eigenvalue weighted by molar-refractivity contribution is 7.09. The molecule has 4 nitrogen and oxygen atoms in total. The van der Waals surface area contributed by atoms with E-state index < -0.39 is 23.8 Å². The number of carbonyl (C=O) groups is 1. The molecular weight excluding hydrogens is 329 g/mol. The summed E-state index contributed by atoms with van der Waals surface area (Å²) < 4.78 is 43.8. The van der Waals surface area contributed by atoms with E-state index in [9.17, 15) is 18.0 Å². The SMILES string of the molecule is C[C@@H](Oc1ccccc1C(F)(F)F)C(=O)NCCc1nccs1. The van der Waals surface area contributed by atoms with E-state index in [1.165, 1.54) is 36.5 Å². The Morgan fingerprint density at radius 2 is 2.13 bits per heavy atom. The molecule has 1 aromatic heterocycles. The Bertz CT molecular complexity index is 644. The van der Waals surface area contributed by atoms with Crippen LogP contribution in [0.4, 0.5) is 13.2 Å². The van der Waals surface area contributed by atoms with E-state index in [-0.39, 0.29) is 5.75 Å². The summed E-state index contributed by atoms with van der Waals surface area (Å²) in [6.45, 7) is 1.76. The molecule has 2 aromatic rings. The first-order valence-corrected chi connectivity index (χ1v) is 7.75. The zero-order chi connectivity index (χ0) is 16.9. The van der Waals surface area contributed by atoms with E-state index in [4.69, 9.17) is 4.74 Å². The minimum absolute atomic E-state index is 0.348. The number of ether oxygens (including phenoxy) is 1. The molecule has 0 aliphatic carbocycles. The number of nitrogens with zero attached hydrogens (tertiary/aromatic N) is 1. The number of hydrogen-bond donors (Lipinski definition) is 1. The minimum Gasteiger partial charge on any atom is -0.480 e. The lowest BCUT2D eigenvalue weighted by atomic mass is 10.2. The van der Waals surface area contributed by atoms with E-state index in [1.54, 1.807) is 6.20 Å². The molecule has 0 bridgehead atoms. The van der Waals surface area contributed by atoms with Crippen LogP contribution in [0.1, 0.15) is 17.5 Å². The van der Waals surface area contributed by atoms with E-state index in [0.29, 0.717) is 13.0 Å². The summed E-state index contributed by atoms with van der Waals surface area (Å²) in [4.78, 5) is 16.0. The van der Waals surface area contributed by atoms with Gasteiger partial charge in [-0.3, -0.25) is 4.79 Å². The van der Waals surface area contributed by atoms with Gasteiger partial charge in [-0.05, 0) is 19.1 Å². The molecule has 0 unspecified atom stereocenters. The van der Waals surface area contributed by atoms with Crippen LogP contribution < -0.4 is 10.1 Å². The largest absolute Gasteiger partial charge is 0.480 e. The van der Waals surface area contributed by atoms with Crippen molar-refractivity contribution in [2.45, 2.75) is 25.6 Å². The molecule has 1 N–H and O–H groups in total. The number of alkyl halides is 3. The Kier molecular flexibility index (Phi) is 5.59. The quantitative estimate of drug-likeness (QED) is 0.875. The van der Waals surface area contributed by atoms with Crippen molar-refractivity contribution in [2.24, 2.45) is 0 Å². The van der Waals surface area contributed by atoms with Crippen LogP contribution >= 0.6 is 11.3 Å². The van der Waals surface area contributed by atoms with Crippen LogP contribution in [-0.2, 0) is 17.4 Å². The first kappa shape index (κ1) is 17.3. The van der Waals surface area contributed by atoms with Gasteiger partial charge in [-0.1, -0.05) is 12.1 Å². The number of hydrogen-bond acceptors (Lipinski definition) is 4. The summed E-state index contributed by atoms with van der Waals surface area (Å²) in [5.41, 5.74) is -0.901. The zero-order valence-electron chi connectivity index (χ0n) is 12.3. The van der Waals surface area contributed by atoms with Gasteiger partial charge < -0.3 is 10.1 Å². The molecular formula is C15H15F3N2O2S. The lowest BCUT2D eigenvalue weighted by molar-refractivity contribution is -0.140. The summed E-state index contributed by atoms with van der Waals surface area (Å²) in [6.07, 6.45) is -3.33. The van der Waals surface area contributed by atoms with Crippen LogP contribution in [0, 0.1) is 0 Å². The van der Waals surface area contributed by atoms with Gasteiger partial charge in [0.15, 0.2) is 6.10 Å². The Morgan fingerprint density at radius 3 is 2.78 bits per heavy atom. The van der Waals surface area contributed by atoms with Crippen molar-refractivity contribution in [1.82, 2.24) is 10.3 Å². The predicted octanol–water partition coefficient (Wildman–Crippen LogP) is 3.29. The van der Waals surface area contributed by atoms with Gasteiger partial charge in [-0.15, -0.1) is 11.3 Å². The Balaban J connectivity index is 1.91. The van der Waals surface area contributed by atoms with Gasteiger partial charge >= 0.3 is 6.18 Å². The monoisotopic (exact) mass is 344 g/mol. The third kappa shape index (κ3) is 4.95. The topological polar surface area (TPSA) is 51.2 Å². The summed E-state index contributed by atoms with van der Waals surface area (Å²) in [5.74, 6) is -0.832. The number of rotatable bonds is 6. The van der Waals surface area contributed by atoms with Crippen molar-refractivity contribution in [3.63, 3.8) is 0 Å². The van der Waals surface area contributed by atoms with E-state index in [0.717, 1.165) is 11.1 Å². The second-order valence-electron chi connectivity index (χ2n) is 4.72. The van der Waals surface area contributed by atoms with Crippen molar-refractivity contribution < 1.29 is 22.7 Å². The molecule has 0 saturated carbocycles. The van der Waals surface area contributed by atoms with Gasteiger partial charge in [0.2, 0.25) is 0 Å². The number of benzene rings is 1. The van der Waals surface area contributed by atoms with Crippen molar-refractivity contribution >= 4 is 17.2 Å². The van der Waals surface area contributed by atoms with Crippen LogP contribution in [0.3, 0.4) is 0 Å². The fourth-order valence-electron chi connectivity index (χ4n) is 1.86. The highest BCUT2D eigenvalue weighted by Gasteiger charge is 2.34. The van der Waals surface area contributed by atoms with Gasteiger partial charge in [-0.25, -0.2) is 4.98 Å². The van der Waals surface area contributed by atoms with Crippen LogP contribution in [0.15, 0.2) is 35.8 Å². The van der Waals surface area contributed by atoms with Crippen LogP contribution in [-0.4, -0.2) is 23.5 Å². The minimum atomic E-state index is -4.53. The molecule has 124 valence electrons. The summed E-state index contributed by atoms with van der Waals surface area (Å²) in [7, 11) is 0. The number of amides is 1. The van der Waals surface area contributed by atoms with Gasteiger partial charge in [0.25, 0.3) is 5.91 Å². The maximum atomic E-state index is 12.9. The molecule has 1 atom stereocenters. The van der Waals surface area contributed by atoms with E-state index in [1.807, 2.05) is 5.38 Å². The molecule has 0 saturated heterocycles. The average Bonchev–Trinajstić information content (AvgIpc) is 3.00. The third-order valence-corrected chi connectivity index (χ3v) is 3.83. The predicted molar refractivity (Wildman–Crippen MR) is 80.4 cm³/mol. The Hall–Kier alpha value is -2.09. The number of nitrogens with one attached hydrogen (secondary N) is 1. The molecule has 8 heteroatoms. The van der Waals surface area contributed by atoms with Gasteiger partial charge in [-0.2, -0.15) is 13.2 Å². The molecule has 1 heterocycles. The van der Waals surface area contributed by atoms with Gasteiger partial charge in [0, 0.05) is 24.5 Å². The molecule has 0 aliphatic rings. The first-order valence-electron chi connectivity index (χ1n) is 6.87. The second kappa shape index (κ2) is 7.45. The molecule has 0 aliphatic heterocycles. The molecule has 0 fully saturated rings. The molecule has 1 amide bonds. The first-order chi connectivity index (χ1) is 10.9. The van der Waals surface area contributed by atoms with Crippen molar-refractivity contribution in [1.29, 1.82) is 0 Å². The molecule has 2 rings (SSSR count). The summed E-state index contributed by atoms with van der Waals surface area (Å²) in [5, 5.41) is 5.33. The van der Waals surface area contributed by atoms with Gasteiger partial charge in [0.05, 0.1) is 10.6 Å². The van der Waals surface area contributed by atoms with Crippen LogP contribution in [0.25, 0.3) is 0 Å². The summed E-state index contributed by atoms with van der Waals surface area (Å²) >= 11 is 1.47. The molecule has 0 radical (unpaired) electrons. The molecule has 1 aromatic carbocycles. The van der Waals surface area contributed by atoms with Crippen LogP contribution in [0.5, 0.6) is 5.75 Å². The third-order valence-electron chi connectivity index (χ3n) is 2.99. The number of carbonyl (C=O) groups excluding carboxylic acids is 1. The highest BCUT2D eigenvalue weighted by atomic mass is 32.1. The van der Waals surface area contributed by atoms with Crippen molar-refractivity contribution in [3.05, 3.63) is 46.4 Å². The maximum Gasteiger partial charge on any atom is 0.419 e. The molecule has 23 heavy (non-hydrogen) atoms. The van der Waals surface area contributed by atoms with E-state index in [2.05, 4.69) is 10.3 Å². The Labute approximate surface area is 135 Å². The summed E-state index contributed by atoms with van der Waals surface area (Å²) in [6, 6.07) is 4.82. The lowest BCUT2D eigenvalue weighted by Crippen LogP contribution is -2.37. The second-order valence-corrected chi connectivity index (χ2v) is 5.70. The van der Waals surface area contributed by atoms with Crippen molar-refractivity contribution in [2.75, 3.05) is 6.54 Å². The average molecular weight is 344 g/mol. The Morgan fingerprint density at radius 1 is 1.39 bits per heavy atom. The van der Waals surface area contributed by atoms with Crippen LogP contribution in [0.2, 0.25) is 0 Å². The highest BCUT2D eigenvalue weighted by Crippen LogP contribution is 2.36. The lowest BCUT2D eigenvalue weighted by Gasteiger charge is -2.18. The van der Waals surface area contributed by atoms with Gasteiger partial charge in [0.1, 0.15) is 5.75 Å². The molecule has 0 spiro atoms. The fraction of sp³-hybridized carbons (Fsp3) is 0.333. The zero-order valence-corrected chi connectivity index (χ0v) is 13.1. The number of halogens is 3. The fourth-order valence-corrected chi connectivity index (χ4v) is 2.48. The standard InChI is InChI=1S/C15H15F3N2O2S/c1-10(14(21)20-7-6-13-19-8-9-23-13)22-12-5-3-2-4-11(12)15(16,17)18/h2-5,8-10H,6-7H2,1H3,(H,20,21)/t10-/m1/s1. The normalized spacial score (nSPS) is 12.7. The van der Waals surface area contributed by atoms with E-state index >= 15 is 0 Å². The maximum absolute atomic E-state index is 12.9. The van der Waals surface area contributed by atoms with Crippen molar-refractivity contribution in [3.8, 4) is 5.75 Å². The number of para-hydroxylation sites is 1. The number of aromatic nitrogens is 1. The smallest absolute Gasteiger partial charge is 0.419 e. The number of thiazole rings is 1.